The zero-order chi connectivity index (χ0) is 13.9. The van der Waals surface area contributed by atoms with Gasteiger partial charge < -0.3 is 15.4 Å². The number of hydrogen-bond donors (Lipinski definition) is 1. The van der Waals surface area contributed by atoms with Gasteiger partial charge in [0.1, 0.15) is 5.82 Å². The molecular formula is C15H25FN2O. The minimum absolute atomic E-state index is 0.187. The number of hydrogen-bond acceptors (Lipinski definition) is 3. The first-order chi connectivity index (χ1) is 9.29. The molecule has 0 amide bonds. The van der Waals surface area contributed by atoms with E-state index in [2.05, 4.69) is 6.92 Å². The zero-order valence-corrected chi connectivity index (χ0v) is 11.8. The first-order valence-electron chi connectivity index (χ1n) is 7.07. The lowest BCUT2D eigenvalue weighted by atomic mass is 10.2. The molecule has 0 saturated heterocycles. The first kappa shape index (κ1) is 15.9. The number of nitrogens with two attached hydrogens (primary N) is 1. The number of ether oxygens (including phenoxy) is 1. The lowest BCUT2D eigenvalue weighted by molar-refractivity contribution is 0.137. The van der Waals surface area contributed by atoms with Gasteiger partial charge in [0.2, 0.25) is 0 Å². The summed E-state index contributed by atoms with van der Waals surface area (Å²) in [5, 5.41) is 0. The smallest absolute Gasteiger partial charge is 0.146 e. The molecule has 1 rings (SSSR count). The van der Waals surface area contributed by atoms with Crippen molar-refractivity contribution >= 4 is 5.69 Å². The van der Waals surface area contributed by atoms with Gasteiger partial charge >= 0.3 is 0 Å². The second-order valence-electron chi connectivity index (χ2n) is 4.55. The van der Waals surface area contributed by atoms with Crippen molar-refractivity contribution in [2.24, 2.45) is 5.73 Å². The SMILES string of the molecule is CCCCOCCN(CCCN)c1ccccc1F. The fraction of sp³-hybridized carbons (Fsp3) is 0.600. The summed E-state index contributed by atoms with van der Waals surface area (Å²) in [4.78, 5) is 2.01. The van der Waals surface area contributed by atoms with Crippen LogP contribution in [0, 0.1) is 5.82 Å². The number of para-hydroxylation sites is 1. The first-order valence-corrected chi connectivity index (χ1v) is 7.07. The topological polar surface area (TPSA) is 38.5 Å². The molecule has 0 fully saturated rings. The molecule has 0 heterocycles. The average Bonchev–Trinajstić information content (AvgIpc) is 2.43. The van der Waals surface area contributed by atoms with E-state index in [0.717, 1.165) is 32.4 Å². The van der Waals surface area contributed by atoms with Gasteiger partial charge in [-0.2, -0.15) is 0 Å². The maximum Gasteiger partial charge on any atom is 0.146 e. The van der Waals surface area contributed by atoms with Crippen molar-refractivity contribution in [1.82, 2.24) is 0 Å². The van der Waals surface area contributed by atoms with Gasteiger partial charge in [-0.15, -0.1) is 0 Å². The molecule has 1 aromatic rings. The second kappa shape index (κ2) is 9.75. The van der Waals surface area contributed by atoms with Crippen LogP contribution in [0.15, 0.2) is 24.3 Å². The van der Waals surface area contributed by atoms with Crippen LogP contribution in [-0.2, 0) is 4.74 Å². The van der Waals surface area contributed by atoms with E-state index in [1.165, 1.54) is 6.07 Å². The van der Waals surface area contributed by atoms with Gasteiger partial charge in [0, 0.05) is 19.7 Å². The highest BCUT2D eigenvalue weighted by Crippen LogP contribution is 2.18. The number of unbranched alkanes of at least 4 members (excludes halogenated alkanes) is 1. The van der Waals surface area contributed by atoms with Crippen LogP contribution in [0.5, 0.6) is 0 Å². The Morgan fingerprint density at radius 1 is 1.16 bits per heavy atom. The summed E-state index contributed by atoms with van der Waals surface area (Å²) in [5.74, 6) is -0.187. The molecule has 0 aliphatic heterocycles. The molecule has 108 valence electrons. The maximum absolute atomic E-state index is 13.8. The Labute approximate surface area is 115 Å². The van der Waals surface area contributed by atoms with Gasteiger partial charge in [-0.05, 0) is 31.5 Å². The third kappa shape index (κ3) is 6.03. The molecule has 0 saturated carbocycles. The van der Waals surface area contributed by atoms with E-state index in [4.69, 9.17) is 10.5 Å². The summed E-state index contributed by atoms with van der Waals surface area (Å²) in [6.45, 7) is 5.61. The van der Waals surface area contributed by atoms with Crippen LogP contribution in [0.25, 0.3) is 0 Å². The third-order valence-corrected chi connectivity index (χ3v) is 2.97. The fourth-order valence-corrected chi connectivity index (χ4v) is 1.87. The van der Waals surface area contributed by atoms with E-state index in [-0.39, 0.29) is 5.82 Å². The molecule has 0 spiro atoms. The Balaban J connectivity index is 2.49. The van der Waals surface area contributed by atoms with Crippen molar-refractivity contribution < 1.29 is 9.13 Å². The van der Waals surface area contributed by atoms with Crippen molar-refractivity contribution in [3.05, 3.63) is 30.1 Å². The molecule has 4 heteroatoms. The molecule has 1 aromatic carbocycles. The predicted molar refractivity (Wildman–Crippen MR) is 78.0 cm³/mol. The number of nitrogens with zero attached hydrogens (tertiary/aromatic N) is 1. The molecule has 0 atom stereocenters. The molecule has 0 aliphatic rings. The van der Waals surface area contributed by atoms with Crippen LogP contribution < -0.4 is 10.6 Å². The van der Waals surface area contributed by atoms with Gasteiger partial charge in [-0.3, -0.25) is 0 Å². The standard InChI is InChI=1S/C15H25FN2O/c1-2-3-12-19-13-11-18(10-6-9-17)15-8-5-4-7-14(15)16/h4-5,7-8H,2-3,6,9-13,17H2,1H3. The van der Waals surface area contributed by atoms with Crippen molar-refractivity contribution in [1.29, 1.82) is 0 Å². The quantitative estimate of drug-likeness (QED) is 0.663. The zero-order valence-electron chi connectivity index (χ0n) is 11.8. The van der Waals surface area contributed by atoms with Gasteiger partial charge in [-0.25, -0.2) is 4.39 Å². The molecule has 0 unspecified atom stereocenters. The van der Waals surface area contributed by atoms with Crippen LogP contribution in [0.4, 0.5) is 10.1 Å². The van der Waals surface area contributed by atoms with Crippen LogP contribution >= 0.6 is 0 Å². The summed E-state index contributed by atoms with van der Waals surface area (Å²) in [7, 11) is 0. The van der Waals surface area contributed by atoms with E-state index in [0.29, 0.717) is 25.4 Å². The molecule has 0 aliphatic carbocycles. The van der Waals surface area contributed by atoms with E-state index in [1.807, 2.05) is 11.0 Å². The summed E-state index contributed by atoms with van der Waals surface area (Å²) < 4.78 is 19.3. The molecule has 0 radical (unpaired) electrons. The largest absolute Gasteiger partial charge is 0.380 e. The predicted octanol–water partition coefficient (Wildman–Crippen LogP) is 2.80. The molecule has 3 nitrogen and oxygen atoms in total. The van der Waals surface area contributed by atoms with E-state index >= 15 is 0 Å². The van der Waals surface area contributed by atoms with Crippen LogP contribution in [0.2, 0.25) is 0 Å². The Morgan fingerprint density at radius 2 is 1.95 bits per heavy atom. The lowest BCUT2D eigenvalue weighted by Gasteiger charge is -2.25. The molecular weight excluding hydrogens is 243 g/mol. The van der Waals surface area contributed by atoms with Crippen molar-refractivity contribution in [3.63, 3.8) is 0 Å². The summed E-state index contributed by atoms with van der Waals surface area (Å²) >= 11 is 0. The highest BCUT2D eigenvalue weighted by Gasteiger charge is 2.10. The average molecular weight is 268 g/mol. The Morgan fingerprint density at radius 3 is 2.63 bits per heavy atom. The number of rotatable bonds is 10. The minimum atomic E-state index is -0.187. The Hall–Kier alpha value is -1.13. The molecule has 0 aromatic heterocycles. The van der Waals surface area contributed by atoms with E-state index in [1.54, 1.807) is 12.1 Å². The summed E-state index contributed by atoms with van der Waals surface area (Å²) in [6.07, 6.45) is 3.05. The van der Waals surface area contributed by atoms with Gasteiger partial charge in [0.15, 0.2) is 0 Å². The highest BCUT2D eigenvalue weighted by atomic mass is 19.1. The lowest BCUT2D eigenvalue weighted by Crippen LogP contribution is -2.30. The molecule has 2 N–H and O–H groups in total. The van der Waals surface area contributed by atoms with Crippen molar-refractivity contribution in [2.75, 3.05) is 37.7 Å². The van der Waals surface area contributed by atoms with Gasteiger partial charge in [0.05, 0.1) is 12.3 Å². The minimum Gasteiger partial charge on any atom is -0.380 e. The van der Waals surface area contributed by atoms with Crippen LogP contribution in [0.1, 0.15) is 26.2 Å². The van der Waals surface area contributed by atoms with Crippen molar-refractivity contribution in [2.45, 2.75) is 26.2 Å². The van der Waals surface area contributed by atoms with E-state index < -0.39 is 0 Å². The highest BCUT2D eigenvalue weighted by molar-refractivity contribution is 5.47. The second-order valence-corrected chi connectivity index (χ2v) is 4.55. The Kier molecular flexibility index (Phi) is 8.18. The van der Waals surface area contributed by atoms with Gasteiger partial charge in [0.25, 0.3) is 0 Å². The monoisotopic (exact) mass is 268 g/mol. The van der Waals surface area contributed by atoms with Gasteiger partial charge in [-0.1, -0.05) is 25.5 Å². The summed E-state index contributed by atoms with van der Waals surface area (Å²) in [6, 6.07) is 6.85. The molecule has 19 heavy (non-hydrogen) atoms. The summed E-state index contributed by atoms with van der Waals surface area (Å²) in [5.41, 5.74) is 6.17. The van der Waals surface area contributed by atoms with Crippen LogP contribution in [0.3, 0.4) is 0 Å². The maximum atomic E-state index is 13.8. The number of benzene rings is 1. The van der Waals surface area contributed by atoms with Crippen molar-refractivity contribution in [3.8, 4) is 0 Å². The van der Waals surface area contributed by atoms with Crippen LogP contribution in [-0.4, -0.2) is 32.8 Å². The number of anilines is 1. The van der Waals surface area contributed by atoms with E-state index in [9.17, 15) is 4.39 Å². The molecule has 0 bridgehead atoms. The normalized spacial score (nSPS) is 10.7. The Bertz CT molecular complexity index is 347. The third-order valence-electron chi connectivity index (χ3n) is 2.97. The fourth-order valence-electron chi connectivity index (χ4n) is 1.87. The number of halogens is 1.